The lowest BCUT2D eigenvalue weighted by molar-refractivity contribution is 0.195. The molecule has 1 rings (SSSR count). The summed E-state index contributed by atoms with van der Waals surface area (Å²) in [6.07, 6.45) is 0.270. The number of aliphatic hydroxyl groups is 1. The van der Waals surface area contributed by atoms with Crippen molar-refractivity contribution >= 4 is 0 Å². The van der Waals surface area contributed by atoms with Crippen molar-refractivity contribution in [3.63, 3.8) is 0 Å². The Kier molecular flexibility index (Phi) is 3.27. The van der Waals surface area contributed by atoms with Gasteiger partial charge >= 0.3 is 0 Å². The first-order valence-electron chi connectivity index (χ1n) is 4.86. The highest BCUT2D eigenvalue weighted by Gasteiger charge is 2.17. The molecular weight excluding hydrogens is 179 g/mol. The normalized spacial score (nSPS) is 14.1. The Morgan fingerprint density at radius 3 is 2.14 bits per heavy atom. The molecule has 0 saturated carbocycles. The van der Waals surface area contributed by atoms with Gasteiger partial charge in [0.15, 0.2) is 0 Å². The van der Waals surface area contributed by atoms with E-state index in [1.54, 1.807) is 19.1 Å². The fourth-order valence-electron chi connectivity index (χ4n) is 1.38. The Bertz CT molecular complexity index is 282. The molecule has 78 valence electrons. The second-order valence-corrected chi connectivity index (χ2v) is 4.22. The summed E-state index contributed by atoms with van der Waals surface area (Å²) in [6.45, 7) is 4.82. The van der Waals surface area contributed by atoms with E-state index in [0.29, 0.717) is 12.0 Å². The molecular formula is C12H17FO. The number of hydrogen-bond donors (Lipinski definition) is 1. The molecule has 1 aromatic rings. The van der Waals surface area contributed by atoms with Crippen molar-refractivity contribution in [2.45, 2.75) is 39.0 Å². The molecule has 0 fully saturated rings. The fraction of sp³-hybridized carbons (Fsp3) is 0.500. The number of alkyl halides is 1. The first kappa shape index (κ1) is 11.2. The van der Waals surface area contributed by atoms with E-state index in [2.05, 4.69) is 0 Å². The third kappa shape index (κ3) is 3.11. The predicted octanol–water partition coefficient (Wildman–Crippen LogP) is 2.81. The number of halogens is 1. The van der Waals surface area contributed by atoms with Crippen LogP contribution in [0, 0.1) is 0 Å². The molecule has 14 heavy (non-hydrogen) atoms. The van der Waals surface area contributed by atoms with Crippen LogP contribution in [0.5, 0.6) is 0 Å². The molecule has 0 bridgehead atoms. The third-order valence-corrected chi connectivity index (χ3v) is 2.17. The summed E-state index contributed by atoms with van der Waals surface area (Å²) >= 11 is 0. The van der Waals surface area contributed by atoms with Crippen molar-refractivity contribution in [2.75, 3.05) is 0 Å². The maximum Gasteiger partial charge on any atom is 0.130 e. The van der Waals surface area contributed by atoms with Crippen LogP contribution in [-0.2, 0) is 12.1 Å². The van der Waals surface area contributed by atoms with Crippen LogP contribution in [0.2, 0.25) is 0 Å². The second kappa shape index (κ2) is 4.09. The van der Waals surface area contributed by atoms with Crippen molar-refractivity contribution in [3.8, 4) is 0 Å². The Labute approximate surface area is 84.6 Å². The van der Waals surface area contributed by atoms with Gasteiger partial charge in [0.25, 0.3) is 0 Å². The van der Waals surface area contributed by atoms with Gasteiger partial charge in [-0.2, -0.15) is 0 Å². The van der Waals surface area contributed by atoms with Crippen molar-refractivity contribution in [2.24, 2.45) is 0 Å². The minimum atomic E-state index is -1.29. The molecule has 0 aromatic heterocycles. The molecule has 1 atom stereocenters. The quantitative estimate of drug-likeness (QED) is 0.788. The average molecular weight is 196 g/mol. The standard InChI is InChI=1S/C12H17FO/c1-9(14)8-10-4-6-11(7-5-10)12(2,3)13/h4-7,9,14H,8H2,1-3H3. The van der Waals surface area contributed by atoms with Crippen LogP contribution in [-0.4, -0.2) is 11.2 Å². The molecule has 0 amide bonds. The summed E-state index contributed by atoms with van der Waals surface area (Å²) < 4.78 is 13.5. The maximum atomic E-state index is 13.5. The van der Waals surface area contributed by atoms with Gasteiger partial charge in [-0.3, -0.25) is 0 Å². The lowest BCUT2D eigenvalue weighted by Gasteiger charge is -2.15. The smallest absolute Gasteiger partial charge is 0.130 e. The van der Waals surface area contributed by atoms with Crippen molar-refractivity contribution in [3.05, 3.63) is 35.4 Å². The molecule has 1 nitrogen and oxygen atoms in total. The zero-order valence-electron chi connectivity index (χ0n) is 8.92. The van der Waals surface area contributed by atoms with E-state index in [1.165, 1.54) is 13.8 Å². The summed E-state index contributed by atoms with van der Waals surface area (Å²) in [7, 11) is 0. The average Bonchev–Trinajstić information content (AvgIpc) is 2.02. The van der Waals surface area contributed by atoms with Crippen LogP contribution in [0.25, 0.3) is 0 Å². The summed E-state index contributed by atoms with van der Waals surface area (Å²) in [5, 5.41) is 9.16. The minimum Gasteiger partial charge on any atom is -0.393 e. The van der Waals surface area contributed by atoms with Crippen LogP contribution >= 0.6 is 0 Å². The molecule has 0 saturated heterocycles. The van der Waals surface area contributed by atoms with Gasteiger partial charge in [0.1, 0.15) is 5.67 Å². The van der Waals surface area contributed by atoms with Gasteiger partial charge in [-0.15, -0.1) is 0 Å². The van der Waals surface area contributed by atoms with Gasteiger partial charge in [0.05, 0.1) is 6.10 Å². The largest absolute Gasteiger partial charge is 0.393 e. The lowest BCUT2D eigenvalue weighted by atomic mass is 9.98. The topological polar surface area (TPSA) is 20.2 Å². The summed E-state index contributed by atoms with van der Waals surface area (Å²) in [6, 6.07) is 7.28. The van der Waals surface area contributed by atoms with Gasteiger partial charge in [-0.1, -0.05) is 24.3 Å². The van der Waals surface area contributed by atoms with E-state index in [0.717, 1.165) is 5.56 Å². The molecule has 0 spiro atoms. The summed E-state index contributed by atoms with van der Waals surface area (Å²) in [5.41, 5.74) is 0.420. The number of rotatable bonds is 3. The second-order valence-electron chi connectivity index (χ2n) is 4.22. The van der Waals surface area contributed by atoms with Crippen LogP contribution in [0.4, 0.5) is 4.39 Å². The molecule has 0 aliphatic rings. The highest BCUT2D eigenvalue weighted by molar-refractivity contribution is 5.26. The zero-order valence-corrected chi connectivity index (χ0v) is 8.92. The van der Waals surface area contributed by atoms with Crippen LogP contribution < -0.4 is 0 Å². The van der Waals surface area contributed by atoms with Gasteiger partial charge in [0.2, 0.25) is 0 Å². The van der Waals surface area contributed by atoms with Crippen LogP contribution in [0.3, 0.4) is 0 Å². The molecule has 0 aliphatic carbocycles. The van der Waals surface area contributed by atoms with E-state index in [-0.39, 0.29) is 6.10 Å². The molecule has 2 heteroatoms. The number of aliphatic hydroxyl groups excluding tert-OH is 1. The number of benzene rings is 1. The fourth-order valence-corrected chi connectivity index (χ4v) is 1.38. The Morgan fingerprint density at radius 2 is 1.79 bits per heavy atom. The summed E-state index contributed by atoms with van der Waals surface area (Å²) in [4.78, 5) is 0. The number of hydrogen-bond acceptors (Lipinski definition) is 1. The Hall–Kier alpha value is -0.890. The molecule has 0 aliphatic heterocycles. The summed E-state index contributed by atoms with van der Waals surface area (Å²) in [5.74, 6) is 0. The predicted molar refractivity (Wildman–Crippen MR) is 56.0 cm³/mol. The molecule has 0 radical (unpaired) electrons. The Balaban J connectivity index is 2.79. The van der Waals surface area contributed by atoms with E-state index in [9.17, 15) is 4.39 Å². The van der Waals surface area contributed by atoms with Crippen LogP contribution in [0.15, 0.2) is 24.3 Å². The van der Waals surface area contributed by atoms with Gasteiger partial charge in [0, 0.05) is 0 Å². The van der Waals surface area contributed by atoms with E-state index in [4.69, 9.17) is 5.11 Å². The van der Waals surface area contributed by atoms with Crippen molar-refractivity contribution in [1.82, 2.24) is 0 Å². The first-order valence-corrected chi connectivity index (χ1v) is 4.86. The van der Waals surface area contributed by atoms with E-state index < -0.39 is 5.67 Å². The van der Waals surface area contributed by atoms with Crippen molar-refractivity contribution < 1.29 is 9.50 Å². The lowest BCUT2D eigenvalue weighted by Crippen LogP contribution is -2.09. The molecule has 0 heterocycles. The minimum absolute atomic E-state index is 0.348. The zero-order chi connectivity index (χ0) is 10.8. The highest BCUT2D eigenvalue weighted by atomic mass is 19.1. The van der Waals surface area contributed by atoms with E-state index in [1.807, 2.05) is 12.1 Å². The SMILES string of the molecule is CC(O)Cc1ccc(C(C)(C)F)cc1. The molecule has 1 aromatic carbocycles. The van der Waals surface area contributed by atoms with Gasteiger partial charge in [-0.05, 0) is 38.3 Å². The van der Waals surface area contributed by atoms with Gasteiger partial charge in [-0.25, -0.2) is 4.39 Å². The van der Waals surface area contributed by atoms with Crippen LogP contribution in [0.1, 0.15) is 31.9 Å². The monoisotopic (exact) mass is 196 g/mol. The molecule has 1 unspecified atom stereocenters. The first-order chi connectivity index (χ1) is 6.39. The maximum absolute atomic E-state index is 13.5. The van der Waals surface area contributed by atoms with Gasteiger partial charge < -0.3 is 5.11 Å². The Morgan fingerprint density at radius 1 is 1.29 bits per heavy atom. The highest BCUT2D eigenvalue weighted by Crippen LogP contribution is 2.24. The molecule has 1 N–H and O–H groups in total. The third-order valence-electron chi connectivity index (χ3n) is 2.17. The van der Waals surface area contributed by atoms with E-state index >= 15 is 0 Å². The van der Waals surface area contributed by atoms with Crippen molar-refractivity contribution in [1.29, 1.82) is 0 Å².